The van der Waals surface area contributed by atoms with E-state index in [0.717, 1.165) is 0 Å². The Morgan fingerprint density at radius 2 is 1.70 bits per heavy atom. The minimum Gasteiger partial charge on any atom is -0.481 e. The van der Waals surface area contributed by atoms with Crippen LogP contribution >= 0.6 is 0 Å². The average molecular weight is 145 g/mol. The highest BCUT2D eigenvalue weighted by atomic mass is 16.4. The van der Waals surface area contributed by atoms with Gasteiger partial charge in [0, 0.05) is 0 Å². The third-order valence-electron chi connectivity index (χ3n) is 1.09. The summed E-state index contributed by atoms with van der Waals surface area (Å²) in [5, 5.41) is 16.5. The fourth-order valence-corrected chi connectivity index (χ4v) is 0.557. The normalized spacial score (nSPS) is 9.80. The lowest BCUT2D eigenvalue weighted by Crippen LogP contribution is -2.22. The number of carboxylic acid groups (broad SMARTS) is 2. The molecule has 2 N–H and O–H groups in total. The van der Waals surface area contributed by atoms with E-state index < -0.39 is 17.9 Å². The van der Waals surface area contributed by atoms with Crippen molar-refractivity contribution in [2.24, 2.45) is 5.92 Å². The number of aliphatic carboxylic acids is 2. The van der Waals surface area contributed by atoms with Crippen LogP contribution in [0.1, 0.15) is 12.8 Å². The predicted molar refractivity (Wildman–Crippen MR) is 33.4 cm³/mol. The van der Waals surface area contributed by atoms with Gasteiger partial charge in [0.05, 0.1) is 0 Å². The molecule has 0 saturated heterocycles. The van der Waals surface area contributed by atoms with Crippen LogP contribution in [0, 0.1) is 12.8 Å². The van der Waals surface area contributed by atoms with E-state index in [1.807, 2.05) is 0 Å². The van der Waals surface area contributed by atoms with Crippen LogP contribution in [0.3, 0.4) is 0 Å². The van der Waals surface area contributed by atoms with Gasteiger partial charge in [-0.3, -0.25) is 9.59 Å². The zero-order valence-corrected chi connectivity index (χ0v) is 5.41. The van der Waals surface area contributed by atoms with Crippen molar-refractivity contribution in [1.82, 2.24) is 0 Å². The molecule has 0 aromatic heterocycles. The van der Waals surface area contributed by atoms with E-state index in [-0.39, 0.29) is 6.42 Å². The molecule has 4 nitrogen and oxygen atoms in total. The van der Waals surface area contributed by atoms with Gasteiger partial charge in [0.25, 0.3) is 0 Å². The van der Waals surface area contributed by atoms with E-state index in [0.29, 0.717) is 6.42 Å². The molecule has 0 unspecified atom stereocenters. The molecular weight excluding hydrogens is 136 g/mol. The molecule has 0 bridgehead atoms. The largest absolute Gasteiger partial charge is 0.481 e. The zero-order chi connectivity index (χ0) is 8.15. The fraction of sp³-hybridized carbons (Fsp3) is 0.500. The first kappa shape index (κ1) is 8.94. The molecule has 0 fully saturated rings. The van der Waals surface area contributed by atoms with Gasteiger partial charge in [-0.15, -0.1) is 0 Å². The molecule has 0 amide bonds. The molecular formula is C6H9O4. The van der Waals surface area contributed by atoms with E-state index >= 15 is 0 Å². The van der Waals surface area contributed by atoms with Crippen molar-refractivity contribution in [2.75, 3.05) is 0 Å². The first-order valence-electron chi connectivity index (χ1n) is 2.84. The van der Waals surface area contributed by atoms with Crippen molar-refractivity contribution >= 4 is 11.9 Å². The summed E-state index contributed by atoms with van der Waals surface area (Å²) >= 11 is 0. The Morgan fingerprint density at radius 1 is 1.30 bits per heavy atom. The van der Waals surface area contributed by atoms with Gasteiger partial charge in [0.15, 0.2) is 5.92 Å². The molecule has 0 spiro atoms. The van der Waals surface area contributed by atoms with Gasteiger partial charge in [0.2, 0.25) is 0 Å². The molecule has 0 aliphatic heterocycles. The van der Waals surface area contributed by atoms with E-state index in [2.05, 4.69) is 6.92 Å². The summed E-state index contributed by atoms with van der Waals surface area (Å²) in [7, 11) is 0. The first-order chi connectivity index (χ1) is 4.59. The second kappa shape index (κ2) is 3.87. The highest BCUT2D eigenvalue weighted by Crippen LogP contribution is 2.05. The summed E-state index contributed by atoms with van der Waals surface area (Å²) in [6.07, 6.45) is 0.411. The van der Waals surface area contributed by atoms with Crippen molar-refractivity contribution in [3.8, 4) is 0 Å². The predicted octanol–water partition coefficient (Wildman–Crippen LogP) is 0.386. The number of rotatable bonds is 4. The maximum Gasteiger partial charge on any atom is 0.317 e. The van der Waals surface area contributed by atoms with Gasteiger partial charge in [-0.05, 0) is 6.42 Å². The molecule has 0 aliphatic carbocycles. The van der Waals surface area contributed by atoms with Gasteiger partial charge in [-0.2, -0.15) is 0 Å². The van der Waals surface area contributed by atoms with Crippen molar-refractivity contribution in [2.45, 2.75) is 12.8 Å². The number of hydrogen-bond donors (Lipinski definition) is 2. The van der Waals surface area contributed by atoms with Crippen LogP contribution in [-0.4, -0.2) is 22.2 Å². The second-order valence-electron chi connectivity index (χ2n) is 1.87. The van der Waals surface area contributed by atoms with Crippen LogP contribution in [0.25, 0.3) is 0 Å². The molecule has 0 heterocycles. The highest BCUT2D eigenvalue weighted by molar-refractivity contribution is 5.92. The third-order valence-corrected chi connectivity index (χ3v) is 1.09. The summed E-state index contributed by atoms with van der Waals surface area (Å²) in [6, 6.07) is 0. The quantitative estimate of drug-likeness (QED) is 0.561. The molecule has 0 atom stereocenters. The minimum atomic E-state index is -1.30. The van der Waals surface area contributed by atoms with Gasteiger partial charge >= 0.3 is 11.9 Å². The number of carbonyl (C=O) groups is 2. The van der Waals surface area contributed by atoms with Gasteiger partial charge in [-0.25, -0.2) is 0 Å². The van der Waals surface area contributed by atoms with Gasteiger partial charge < -0.3 is 10.2 Å². The summed E-state index contributed by atoms with van der Waals surface area (Å²) in [5.41, 5.74) is 0. The van der Waals surface area contributed by atoms with Gasteiger partial charge in [0.1, 0.15) is 0 Å². The Labute approximate surface area is 58.5 Å². The molecule has 0 aromatic carbocycles. The Kier molecular flexibility index (Phi) is 3.46. The van der Waals surface area contributed by atoms with E-state index in [1.54, 1.807) is 0 Å². The molecule has 1 radical (unpaired) electrons. The lowest BCUT2D eigenvalue weighted by Gasteiger charge is -2.02. The summed E-state index contributed by atoms with van der Waals surface area (Å²) < 4.78 is 0. The smallest absolute Gasteiger partial charge is 0.317 e. The van der Waals surface area contributed by atoms with Crippen LogP contribution in [0.5, 0.6) is 0 Å². The molecule has 0 aliphatic rings. The Morgan fingerprint density at radius 3 is 1.80 bits per heavy atom. The van der Waals surface area contributed by atoms with Crippen LogP contribution in [-0.2, 0) is 9.59 Å². The molecule has 57 valence electrons. The molecule has 0 rings (SSSR count). The fourth-order valence-electron chi connectivity index (χ4n) is 0.557. The average Bonchev–Trinajstić information content (AvgIpc) is 1.81. The Bertz CT molecular complexity index is 127. The van der Waals surface area contributed by atoms with Crippen LogP contribution < -0.4 is 0 Å². The van der Waals surface area contributed by atoms with Crippen molar-refractivity contribution in [3.05, 3.63) is 6.92 Å². The standard InChI is InChI=1S/C6H9O4/c1-2-3-4(5(7)8)6(9)10/h4H,1-3H2,(H,7,8)(H,9,10). The van der Waals surface area contributed by atoms with E-state index in [4.69, 9.17) is 10.2 Å². The third kappa shape index (κ3) is 2.48. The number of carboxylic acids is 2. The van der Waals surface area contributed by atoms with E-state index in [1.165, 1.54) is 0 Å². The molecule has 0 aromatic rings. The number of hydrogen-bond acceptors (Lipinski definition) is 2. The summed E-state index contributed by atoms with van der Waals surface area (Å²) in [4.78, 5) is 20.2. The van der Waals surface area contributed by atoms with E-state index in [9.17, 15) is 9.59 Å². The zero-order valence-electron chi connectivity index (χ0n) is 5.41. The SMILES string of the molecule is [CH2]CCC(C(=O)O)C(=O)O. The van der Waals surface area contributed by atoms with Crippen molar-refractivity contribution < 1.29 is 19.8 Å². The Balaban J connectivity index is 3.98. The Hall–Kier alpha value is -1.06. The van der Waals surface area contributed by atoms with Crippen LogP contribution in [0.2, 0.25) is 0 Å². The van der Waals surface area contributed by atoms with Crippen molar-refractivity contribution in [1.29, 1.82) is 0 Å². The highest BCUT2D eigenvalue weighted by Gasteiger charge is 2.23. The second-order valence-corrected chi connectivity index (χ2v) is 1.87. The summed E-state index contributed by atoms with van der Waals surface area (Å²) in [6.45, 7) is 3.36. The molecule has 0 saturated carbocycles. The summed E-state index contributed by atoms with van der Waals surface area (Å²) in [5.74, 6) is -3.88. The van der Waals surface area contributed by atoms with Crippen molar-refractivity contribution in [3.63, 3.8) is 0 Å². The lowest BCUT2D eigenvalue weighted by molar-refractivity contribution is -0.154. The monoisotopic (exact) mass is 145 g/mol. The minimum absolute atomic E-state index is 0.0880. The molecule has 4 heteroatoms. The maximum absolute atomic E-state index is 10.1. The van der Waals surface area contributed by atoms with Crippen LogP contribution in [0.4, 0.5) is 0 Å². The maximum atomic E-state index is 10.1. The first-order valence-corrected chi connectivity index (χ1v) is 2.84. The topological polar surface area (TPSA) is 74.6 Å². The lowest BCUT2D eigenvalue weighted by atomic mass is 10.1. The van der Waals surface area contributed by atoms with Gasteiger partial charge in [-0.1, -0.05) is 13.3 Å². The van der Waals surface area contributed by atoms with Crippen LogP contribution in [0.15, 0.2) is 0 Å². The molecule has 10 heavy (non-hydrogen) atoms.